The third-order valence-corrected chi connectivity index (χ3v) is 4.83. The first-order chi connectivity index (χ1) is 15.3. The van der Waals surface area contributed by atoms with Gasteiger partial charge in [-0.2, -0.15) is 0 Å². The number of nitrogens with zero attached hydrogens (tertiary/aromatic N) is 1. The van der Waals surface area contributed by atoms with Gasteiger partial charge in [-0.15, -0.1) is 0 Å². The number of carbonyl (C=O) groups excluding carboxylic acids is 2. The van der Waals surface area contributed by atoms with E-state index in [9.17, 15) is 19.7 Å². The van der Waals surface area contributed by atoms with Crippen molar-refractivity contribution < 1.29 is 14.6 Å². The van der Waals surface area contributed by atoms with Gasteiger partial charge in [-0.3, -0.25) is 15.0 Å². The first-order valence-corrected chi connectivity index (χ1v) is 10.6. The lowest BCUT2D eigenvalue weighted by Crippen LogP contribution is -2.47. The van der Waals surface area contributed by atoms with E-state index >= 15 is 0 Å². The van der Waals surface area contributed by atoms with Gasteiger partial charge in [-0.25, -0.2) is 10.1 Å². The van der Waals surface area contributed by atoms with Crippen LogP contribution in [-0.2, 0) is 4.79 Å². The fraction of sp³-hybridized carbons (Fsp3) is 0.409. The van der Waals surface area contributed by atoms with Crippen molar-refractivity contribution in [1.82, 2.24) is 21.4 Å². The van der Waals surface area contributed by atoms with Crippen LogP contribution < -0.4 is 21.4 Å². The fourth-order valence-corrected chi connectivity index (χ4v) is 3.10. The highest BCUT2D eigenvalue weighted by molar-refractivity contribution is 6.00. The van der Waals surface area contributed by atoms with Crippen LogP contribution in [0.2, 0.25) is 0 Å². The average Bonchev–Trinajstić information content (AvgIpc) is 2.74. The second-order valence-corrected chi connectivity index (χ2v) is 7.87. The van der Waals surface area contributed by atoms with E-state index in [1.54, 1.807) is 17.6 Å². The van der Waals surface area contributed by atoms with Crippen LogP contribution in [0.15, 0.2) is 42.5 Å². The third-order valence-electron chi connectivity index (χ3n) is 4.83. The lowest BCUT2D eigenvalue weighted by molar-refractivity contribution is -0.525. The van der Waals surface area contributed by atoms with E-state index in [0.717, 1.165) is 17.2 Å². The first-order valence-electron chi connectivity index (χ1n) is 10.6. The van der Waals surface area contributed by atoms with E-state index in [-0.39, 0.29) is 18.4 Å². The van der Waals surface area contributed by atoms with E-state index in [1.165, 1.54) is 0 Å². The highest BCUT2D eigenvalue weighted by Gasteiger charge is 2.21. The molecule has 0 aliphatic heterocycles. The molecule has 0 saturated carbocycles. The highest BCUT2D eigenvalue weighted by atomic mass is 16.7. The monoisotopic (exact) mass is 442 g/mol. The summed E-state index contributed by atoms with van der Waals surface area (Å²) in [6, 6.07) is 12.3. The molecule has 0 saturated heterocycles. The Bertz CT molecular complexity index is 962. The van der Waals surface area contributed by atoms with Gasteiger partial charge < -0.3 is 16.0 Å². The lowest BCUT2D eigenvalue weighted by atomic mass is 10.1. The van der Waals surface area contributed by atoms with Crippen LogP contribution >= 0.6 is 0 Å². The normalized spacial score (nSPS) is 11.6. The summed E-state index contributed by atoms with van der Waals surface area (Å²) < 4.78 is 0. The molecule has 10 heteroatoms. The summed E-state index contributed by atoms with van der Waals surface area (Å²) >= 11 is 0. The van der Waals surface area contributed by atoms with Crippen LogP contribution in [0.25, 0.3) is 10.8 Å². The quantitative estimate of drug-likeness (QED) is 0.118. The molecule has 172 valence electrons. The first kappa shape index (κ1) is 24.6. The van der Waals surface area contributed by atoms with Crippen molar-refractivity contribution in [2.45, 2.75) is 39.2 Å². The Morgan fingerprint density at radius 2 is 1.75 bits per heavy atom. The average molecular weight is 443 g/mol. The minimum atomic E-state index is -0.829. The number of nitrogens with one attached hydrogen (secondary N) is 5. The maximum Gasteiger partial charge on any atom is 0.251 e. The van der Waals surface area contributed by atoms with Crippen LogP contribution in [0.1, 0.15) is 43.5 Å². The van der Waals surface area contributed by atoms with Crippen molar-refractivity contribution >= 4 is 28.5 Å². The largest absolute Gasteiger partial charge is 0.354 e. The number of carbonyl (C=O) groups is 2. The molecule has 0 spiro atoms. The minimum Gasteiger partial charge on any atom is -0.354 e. The molecule has 0 radical (unpaired) electrons. The Morgan fingerprint density at radius 1 is 1.03 bits per heavy atom. The Hall–Kier alpha value is -3.69. The van der Waals surface area contributed by atoms with Gasteiger partial charge in [-0.1, -0.05) is 49.6 Å². The molecule has 0 aromatic heterocycles. The Morgan fingerprint density at radius 3 is 2.44 bits per heavy atom. The predicted molar refractivity (Wildman–Crippen MR) is 123 cm³/mol. The molecule has 2 aromatic rings. The van der Waals surface area contributed by atoms with Crippen molar-refractivity contribution in [1.29, 1.82) is 5.41 Å². The summed E-state index contributed by atoms with van der Waals surface area (Å²) in [5.41, 5.74) is 2.16. The summed E-state index contributed by atoms with van der Waals surface area (Å²) in [6.45, 7) is 4.87. The predicted octanol–water partition coefficient (Wildman–Crippen LogP) is 2.19. The molecule has 0 aliphatic rings. The van der Waals surface area contributed by atoms with E-state index in [4.69, 9.17) is 5.41 Å². The number of hydrazine groups is 1. The highest BCUT2D eigenvalue weighted by Crippen LogP contribution is 2.16. The van der Waals surface area contributed by atoms with Crippen molar-refractivity contribution in [3.63, 3.8) is 0 Å². The van der Waals surface area contributed by atoms with Gasteiger partial charge in [0.15, 0.2) is 5.03 Å². The Balaban J connectivity index is 1.99. The molecule has 1 atom stereocenters. The summed E-state index contributed by atoms with van der Waals surface area (Å²) in [4.78, 5) is 35.8. The Kier molecular flexibility index (Phi) is 9.40. The molecule has 0 fully saturated rings. The van der Waals surface area contributed by atoms with Crippen LogP contribution in [0.3, 0.4) is 0 Å². The van der Waals surface area contributed by atoms with Gasteiger partial charge in [0.05, 0.1) is 0 Å². The van der Waals surface area contributed by atoms with Gasteiger partial charge >= 0.3 is 0 Å². The van der Waals surface area contributed by atoms with Crippen LogP contribution in [0, 0.1) is 21.4 Å². The molecule has 2 aromatic carbocycles. The SMILES string of the molecule is CC(C)CCNC(=O)[C@H](CCCNC(=N)N[N+](=O)[O-])NC(=O)c1ccc2ccccc2c1. The molecular formula is C22H30N6O4. The Labute approximate surface area is 186 Å². The standard InChI is InChI=1S/C22H30N6O4/c1-15(2)11-13-24-21(30)19(8-5-12-25-22(23)27-28(31)32)26-20(29)18-10-9-16-6-3-4-7-17(16)14-18/h3-4,6-7,9-10,14-15,19H,5,8,11-13H2,1-2H3,(H,24,30)(H,26,29)(H3,23,25,27)/t19-/m0/s1. The fourth-order valence-electron chi connectivity index (χ4n) is 3.10. The van der Waals surface area contributed by atoms with Crippen LogP contribution in [-0.4, -0.2) is 41.9 Å². The number of hydrogen-bond acceptors (Lipinski definition) is 5. The molecule has 2 amide bonds. The van der Waals surface area contributed by atoms with Crippen molar-refractivity contribution in [3.8, 4) is 0 Å². The number of nitro groups is 1. The van der Waals surface area contributed by atoms with Crippen molar-refractivity contribution in [2.24, 2.45) is 5.92 Å². The summed E-state index contributed by atoms with van der Waals surface area (Å²) in [5, 5.41) is 27.1. The molecule has 32 heavy (non-hydrogen) atoms. The molecule has 0 heterocycles. The molecule has 10 nitrogen and oxygen atoms in total. The van der Waals surface area contributed by atoms with E-state index in [0.29, 0.717) is 30.9 Å². The number of hydrogen-bond donors (Lipinski definition) is 5. The zero-order valence-corrected chi connectivity index (χ0v) is 18.3. The molecular weight excluding hydrogens is 412 g/mol. The molecule has 0 bridgehead atoms. The second kappa shape index (κ2) is 12.2. The van der Waals surface area contributed by atoms with Crippen molar-refractivity contribution in [3.05, 3.63) is 58.1 Å². The second-order valence-electron chi connectivity index (χ2n) is 7.87. The number of guanidine groups is 1. The summed E-state index contributed by atoms with van der Waals surface area (Å²) in [6.07, 6.45) is 1.55. The van der Waals surface area contributed by atoms with Crippen LogP contribution in [0.4, 0.5) is 0 Å². The zero-order valence-electron chi connectivity index (χ0n) is 18.3. The van der Waals surface area contributed by atoms with Crippen molar-refractivity contribution in [2.75, 3.05) is 13.1 Å². The summed E-state index contributed by atoms with van der Waals surface area (Å²) in [7, 11) is 0. The van der Waals surface area contributed by atoms with Gasteiger partial charge in [0.1, 0.15) is 6.04 Å². The molecule has 0 aliphatic carbocycles. The minimum absolute atomic E-state index is 0.237. The lowest BCUT2D eigenvalue weighted by Gasteiger charge is -2.19. The topological polar surface area (TPSA) is 149 Å². The molecule has 5 N–H and O–H groups in total. The number of amides is 2. The molecule has 0 unspecified atom stereocenters. The summed E-state index contributed by atoms with van der Waals surface area (Å²) in [5.74, 6) is -0.632. The zero-order chi connectivity index (χ0) is 23.5. The number of benzene rings is 2. The van der Waals surface area contributed by atoms with Gasteiger partial charge in [-0.05, 0) is 48.1 Å². The maximum atomic E-state index is 12.8. The smallest absolute Gasteiger partial charge is 0.251 e. The van der Waals surface area contributed by atoms with Crippen LogP contribution in [0.5, 0.6) is 0 Å². The van der Waals surface area contributed by atoms with E-state index < -0.39 is 17.0 Å². The van der Waals surface area contributed by atoms with E-state index in [1.807, 2.05) is 30.3 Å². The van der Waals surface area contributed by atoms with E-state index in [2.05, 4.69) is 29.8 Å². The van der Waals surface area contributed by atoms with Gasteiger partial charge in [0.2, 0.25) is 5.91 Å². The molecule has 2 rings (SSSR count). The number of fused-ring (bicyclic) bond motifs is 1. The number of rotatable bonds is 11. The maximum absolute atomic E-state index is 12.8. The third kappa shape index (κ3) is 8.21. The van der Waals surface area contributed by atoms with Gasteiger partial charge in [0.25, 0.3) is 11.9 Å². The van der Waals surface area contributed by atoms with Gasteiger partial charge in [0, 0.05) is 18.7 Å².